The SMILES string of the molecule is Cc1nn(C)c(C)c1C=CC(=O)N(CCN(C)C)C1CCCCC1. The highest BCUT2D eigenvalue weighted by Gasteiger charge is 2.24. The van der Waals surface area contributed by atoms with Gasteiger partial charge in [-0.1, -0.05) is 19.3 Å². The molecule has 1 aliphatic rings. The molecule has 1 aromatic rings. The van der Waals surface area contributed by atoms with Gasteiger partial charge in [-0.15, -0.1) is 0 Å². The lowest BCUT2D eigenvalue weighted by Crippen LogP contribution is -2.44. The Hall–Kier alpha value is -1.62. The predicted octanol–water partition coefficient (Wildman–Crippen LogP) is 2.77. The van der Waals surface area contributed by atoms with E-state index >= 15 is 0 Å². The monoisotopic (exact) mass is 332 g/mol. The van der Waals surface area contributed by atoms with Crippen molar-refractivity contribution in [2.24, 2.45) is 7.05 Å². The van der Waals surface area contributed by atoms with Crippen LogP contribution < -0.4 is 0 Å². The number of nitrogens with zero attached hydrogens (tertiary/aromatic N) is 4. The Morgan fingerprint density at radius 1 is 1.21 bits per heavy atom. The van der Waals surface area contributed by atoms with Gasteiger partial charge in [0.2, 0.25) is 5.91 Å². The largest absolute Gasteiger partial charge is 0.335 e. The van der Waals surface area contributed by atoms with Crippen molar-refractivity contribution in [3.63, 3.8) is 0 Å². The number of aryl methyl sites for hydroxylation is 2. The van der Waals surface area contributed by atoms with E-state index in [1.807, 2.05) is 31.7 Å². The number of likely N-dealkylation sites (N-methyl/N-ethyl adjacent to an activating group) is 1. The minimum atomic E-state index is 0.131. The summed E-state index contributed by atoms with van der Waals surface area (Å²) >= 11 is 0. The lowest BCUT2D eigenvalue weighted by atomic mass is 9.94. The smallest absolute Gasteiger partial charge is 0.246 e. The summed E-state index contributed by atoms with van der Waals surface area (Å²) in [5.74, 6) is 0.131. The molecule has 1 aromatic heterocycles. The second kappa shape index (κ2) is 8.47. The van der Waals surface area contributed by atoms with E-state index in [1.165, 1.54) is 19.3 Å². The Morgan fingerprint density at radius 2 is 1.88 bits per heavy atom. The minimum absolute atomic E-state index is 0.131. The van der Waals surface area contributed by atoms with Crippen LogP contribution in [0.15, 0.2) is 6.08 Å². The maximum atomic E-state index is 12.9. The highest BCUT2D eigenvalue weighted by molar-refractivity contribution is 5.92. The predicted molar refractivity (Wildman–Crippen MR) is 98.9 cm³/mol. The molecule has 0 N–H and O–H groups in total. The van der Waals surface area contributed by atoms with Crippen LogP contribution in [0.3, 0.4) is 0 Å². The third-order valence-electron chi connectivity index (χ3n) is 5.04. The van der Waals surface area contributed by atoms with Gasteiger partial charge < -0.3 is 9.80 Å². The van der Waals surface area contributed by atoms with Crippen LogP contribution in [0, 0.1) is 13.8 Å². The first kappa shape index (κ1) is 18.7. The van der Waals surface area contributed by atoms with Crippen LogP contribution in [-0.4, -0.2) is 58.7 Å². The average Bonchev–Trinajstić information content (AvgIpc) is 2.79. The van der Waals surface area contributed by atoms with Crippen LogP contribution in [0.1, 0.15) is 49.1 Å². The zero-order chi connectivity index (χ0) is 17.7. The highest BCUT2D eigenvalue weighted by Crippen LogP contribution is 2.23. The molecule has 0 aromatic carbocycles. The molecule has 1 amide bonds. The number of carbonyl (C=O) groups is 1. The molecule has 1 aliphatic carbocycles. The van der Waals surface area contributed by atoms with E-state index in [9.17, 15) is 4.79 Å². The van der Waals surface area contributed by atoms with Gasteiger partial charge in [0.05, 0.1) is 5.69 Å². The van der Waals surface area contributed by atoms with E-state index in [-0.39, 0.29) is 5.91 Å². The quantitative estimate of drug-likeness (QED) is 0.752. The van der Waals surface area contributed by atoms with Crippen LogP contribution in [0.25, 0.3) is 6.08 Å². The van der Waals surface area contributed by atoms with Crippen LogP contribution in [-0.2, 0) is 11.8 Å². The lowest BCUT2D eigenvalue weighted by molar-refractivity contribution is -0.129. The van der Waals surface area contributed by atoms with Gasteiger partial charge in [-0.25, -0.2) is 0 Å². The maximum Gasteiger partial charge on any atom is 0.246 e. The average molecular weight is 332 g/mol. The Bertz CT molecular complexity index is 582. The van der Waals surface area contributed by atoms with E-state index in [4.69, 9.17) is 0 Å². The van der Waals surface area contributed by atoms with Crippen LogP contribution in [0.5, 0.6) is 0 Å². The first-order valence-electron chi connectivity index (χ1n) is 9.03. The number of hydrogen-bond acceptors (Lipinski definition) is 3. The van der Waals surface area contributed by atoms with Crippen molar-refractivity contribution >= 4 is 12.0 Å². The van der Waals surface area contributed by atoms with Crippen LogP contribution in [0.2, 0.25) is 0 Å². The lowest BCUT2D eigenvalue weighted by Gasteiger charge is -2.34. The zero-order valence-electron chi connectivity index (χ0n) is 15.9. The van der Waals surface area contributed by atoms with Gasteiger partial charge in [-0.2, -0.15) is 5.10 Å². The maximum absolute atomic E-state index is 12.9. The van der Waals surface area contributed by atoms with Crippen LogP contribution in [0.4, 0.5) is 0 Å². The molecule has 0 unspecified atom stereocenters. The molecule has 5 nitrogen and oxygen atoms in total. The van der Waals surface area contributed by atoms with E-state index in [0.29, 0.717) is 6.04 Å². The summed E-state index contributed by atoms with van der Waals surface area (Å²) < 4.78 is 1.87. The van der Waals surface area contributed by atoms with Crippen molar-refractivity contribution in [2.75, 3.05) is 27.2 Å². The number of aromatic nitrogens is 2. The molecule has 0 atom stereocenters. The van der Waals surface area contributed by atoms with Gasteiger partial charge in [-0.3, -0.25) is 9.48 Å². The Balaban J connectivity index is 2.12. The van der Waals surface area contributed by atoms with Crippen molar-refractivity contribution in [3.8, 4) is 0 Å². The minimum Gasteiger partial charge on any atom is -0.335 e. The van der Waals surface area contributed by atoms with Crippen molar-refractivity contribution in [1.82, 2.24) is 19.6 Å². The third-order valence-corrected chi connectivity index (χ3v) is 5.04. The molecule has 0 bridgehead atoms. The standard InChI is InChI=1S/C19H32N4O/c1-15-18(16(2)22(5)20-15)11-12-19(24)23(14-13-21(3)4)17-9-7-6-8-10-17/h11-12,17H,6-10,13-14H2,1-5H3. The molecule has 1 fully saturated rings. The third kappa shape index (κ3) is 4.69. The van der Waals surface area contributed by atoms with Gasteiger partial charge in [0, 0.05) is 43.5 Å². The fraction of sp³-hybridized carbons (Fsp3) is 0.684. The van der Waals surface area contributed by atoms with Crippen molar-refractivity contribution < 1.29 is 4.79 Å². The molecule has 0 radical (unpaired) electrons. The summed E-state index contributed by atoms with van der Waals surface area (Å²) in [5.41, 5.74) is 3.12. The molecule has 2 rings (SSSR count). The Morgan fingerprint density at radius 3 is 2.42 bits per heavy atom. The van der Waals surface area contributed by atoms with Gasteiger partial charge >= 0.3 is 0 Å². The number of carbonyl (C=O) groups excluding carboxylic acids is 1. The second-order valence-electron chi connectivity index (χ2n) is 7.17. The highest BCUT2D eigenvalue weighted by atomic mass is 16.2. The number of hydrogen-bond donors (Lipinski definition) is 0. The zero-order valence-corrected chi connectivity index (χ0v) is 15.9. The van der Waals surface area contributed by atoms with Crippen molar-refractivity contribution in [1.29, 1.82) is 0 Å². The summed E-state index contributed by atoms with van der Waals surface area (Å²) in [6.45, 7) is 5.73. The Kier molecular flexibility index (Phi) is 6.60. The fourth-order valence-electron chi connectivity index (χ4n) is 3.45. The van der Waals surface area contributed by atoms with E-state index in [0.717, 1.165) is 42.9 Å². The first-order chi connectivity index (χ1) is 11.4. The molecular weight excluding hydrogens is 300 g/mol. The fourth-order valence-corrected chi connectivity index (χ4v) is 3.45. The molecule has 1 heterocycles. The summed E-state index contributed by atoms with van der Waals surface area (Å²) in [6.07, 6.45) is 9.72. The molecule has 0 spiro atoms. The normalized spacial score (nSPS) is 16.2. The number of rotatable bonds is 6. The van der Waals surface area contributed by atoms with Gasteiger partial charge in [0.15, 0.2) is 0 Å². The first-order valence-corrected chi connectivity index (χ1v) is 9.03. The molecule has 1 saturated carbocycles. The van der Waals surface area contributed by atoms with Crippen molar-refractivity contribution in [3.05, 3.63) is 23.0 Å². The molecule has 0 saturated heterocycles. The van der Waals surface area contributed by atoms with Crippen molar-refractivity contribution in [2.45, 2.75) is 52.0 Å². The molecule has 0 aliphatic heterocycles. The molecule has 5 heteroatoms. The van der Waals surface area contributed by atoms with E-state index in [2.05, 4.69) is 29.0 Å². The van der Waals surface area contributed by atoms with E-state index < -0.39 is 0 Å². The Labute approximate surface area is 146 Å². The summed E-state index contributed by atoms with van der Waals surface area (Å²) in [6, 6.07) is 0.395. The molecular formula is C19H32N4O. The summed E-state index contributed by atoms with van der Waals surface area (Å²) in [7, 11) is 6.05. The summed E-state index contributed by atoms with van der Waals surface area (Å²) in [4.78, 5) is 17.1. The molecule has 24 heavy (non-hydrogen) atoms. The topological polar surface area (TPSA) is 41.4 Å². The van der Waals surface area contributed by atoms with Gasteiger partial charge in [-0.05, 0) is 46.9 Å². The second-order valence-corrected chi connectivity index (χ2v) is 7.17. The van der Waals surface area contributed by atoms with Gasteiger partial charge in [0.25, 0.3) is 0 Å². The van der Waals surface area contributed by atoms with Gasteiger partial charge in [0.1, 0.15) is 0 Å². The molecule has 134 valence electrons. The van der Waals surface area contributed by atoms with Crippen LogP contribution >= 0.6 is 0 Å². The number of amides is 1. The summed E-state index contributed by atoms with van der Waals surface area (Å²) in [5, 5.41) is 4.42. The van der Waals surface area contributed by atoms with E-state index in [1.54, 1.807) is 6.08 Å².